The predicted molar refractivity (Wildman–Crippen MR) is 226 cm³/mol. The molecular weight excluding hydrogens is 681 g/mol. The zero-order valence-corrected chi connectivity index (χ0v) is 33.5. The van der Waals surface area contributed by atoms with E-state index in [1.165, 1.54) is 85.5 Å². The normalized spacial score (nSPS) is 12.4. The number of anilines is 1. The lowest BCUT2D eigenvalue weighted by atomic mass is 10.1. The van der Waals surface area contributed by atoms with Crippen LogP contribution in [-0.2, 0) is 15.8 Å². The molecule has 4 nitrogen and oxygen atoms in total. The molecule has 0 aliphatic rings. The van der Waals surface area contributed by atoms with Crippen LogP contribution in [0.15, 0.2) is 103 Å². The van der Waals surface area contributed by atoms with Crippen LogP contribution < -0.4 is 15.3 Å². The quantitative estimate of drug-likeness (QED) is 0.0405. The first-order valence-electron chi connectivity index (χ1n) is 18.5. The number of hydrogen-bond acceptors (Lipinski definition) is 5. The van der Waals surface area contributed by atoms with Crippen LogP contribution in [0.1, 0.15) is 71.1 Å². The average molecular weight is 733 g/mol. The summed E-state index contributed by atoms with van der Waals surface area (Å²) in [5.41, 5.74) is 5.06. The molecule has 0 radical (unpaired) electrons. The van der Waals surface area contributed by atoms with Crippen LogP contribution >= 0.6 is 22.7 Å². The standard InChI is InChI=1S/C44H52N2O2S2Si/c1-6-7-8-9-10-17-28-46-39-32-36(19-18-30-47)49-42(39)43-40(46)33-41(50-43)34-24-26-35(27-25-34)45(5)29-31-48-51(44(2,3)4,37-20-13-11-14-21-37)38-22-15-12-16-23-38/h11-16,18-27,30,32-33H,6-10,17,28-29,31H2,1-5H3/b19-18+. The minimum Gasteiger partial charge on any atom is -0.406 e. The van der Waals surface area contributed by atoms with Gasteiger partial charge in [-0.2, -0.15) is 0 Å². The zero-order chi connectivity index (χ0) is 35.8. The number of carbonyl (C=O) groups excluding carboxylic acids is 1. The van der Waals surface area contributed by atoms with Gasteiger partial charge in [-0.05, 0) is 63.8 Å². The highest BCUT2D eigenvalue weighted by molar-refractivity contribution is 7.29. The van der Waals surface area contributed by atoms with Crippen molar-refractivity contribution in [1.29, 1.82) is 0 Å². The molecule has 0 N–H and O–H groups in total. The third kappa shape index (κ3) is 8.02. The first-order chi connectivity index (χ1) is 24.8. The van der Waals surface area contributed by atoms with Gasteiger partial charge in [0.1, 0.15) is 6.29 Å². The van der Waals surface area contributed by atoms with Gasteiger partial charge >= 0.3 is 0 Å². The van der Waals surface area contributed by atoms with Crippen molar-refractivity contribution >= 4 is 79.8 Å². The monoisotopic (exact) mass is 732 g/mol. The van der Waals surface area contributed by atoms with Gasteiger partial charge in [0.15, 0.2) is 0 Å². The number of aryl methyl sites for hydroxylation is 1. The van der Waals surface area contributed by atoms with E-state index in [9.17, 15) is 4.79 Å². The largest absolute Gasteiger partial charge is 0.406 e. The summed E-state index contributed by atoms with van der Waals surface area (Å²) in [4.78, 5) is 15.8. The number of likely N-dealkylation sites (N-methyl/N-ethyl adjacent to an activating group) is 1. The van der Waals surface area contributed by atoms with E-state index in [-0.39, 0.29) is 5.04 Å². The second kappa shape index (κ2) is 16.7. The van der Waals surface area contributed by atoms with Gasteiger partial charge in [0, 0.05) is 35.6 Å². The van der Waals surface area contributed by atoms with E-state index in [1.807, 2.05) is 17.4 Å². The lowest BCUT2D eigenvalue weighted by Gasteiger charge is -2.43. The Morgan fingerprint density at radius 1 is 0.784 bits per heavy atom. The van der Waals surface area contributed by atoms with Crippen LogP contribution in [0.3, 0.4) is 0 Å². The fourth-order valence-corrected chi connectivity index (χ4v) is 14.3. The summed E-state index contributed by atoms with van der Waals surface area (Å²) in [6.45, 7) is 11.7. The van der Waals surface area contributed by atoms with Gasteiger partial charge in [-0.3, -0.25) is 4.79 Å². The smallest absolute Gasteiger partial charge is 0.261 e. The summed E-state index contributed by atoms with van der Waals surface area (Å²) in [6, 6.07) is 35.4. The molecule has 0 saturated carbocycles. The van der Waals surface area contributed by atoms with Crippen molar-refractivity contribution in [1.82, 2.24) is 4.57 Å². The van der Waals surface area contributed by atoms with Gasteiger partial charge < -0.3 is 13.9 Å². The SMILES string of the molecule is CCCCCCCCn1c2cc(/C=C/C=O)sc2c2sc(-c3ccc(N(C)CCO[Si](c4ccccc4)(c4ccccc4)C(C)(C)C)cc3)cc21. The number of aldehydes is 1. The molecule has 0 spiro atoms. The maximum Gasteiger partial charge on any atom is 0.261 e. The summed E-state index contributed by atoms with van der Waals surface area (Å²) in [5.74, 6) is 0. The summed E-state index contributed by atoms with van der Waals surface area (Å²) < 4.78 is 12.4. The predicted octanol–water partition coefficient (Wildman–Crippen LogP) is 11.2. The van der Waals surface area contributed by atoms with Crippen molar-refractivity contribution < 1.29 is 9.22 Å². The zero-order valence-electron chi connectivity index (χ0n) is 30.9. The maximum absolute atomic E-state index is 11.0. The van der Waals surface area contributed by atoms with Crippen LogP contribution in [0.4, 0.5) is 5.69 Å². The molecule has 0 bridgehead atoms. The highest BCUT2D eigenvalue weighted by atomic mass is 32.1. The van der Waals surface area contributed by atoms with Crippen molar-refractivity contribution in [3.8, 4) is 10.4 Å². The third-order valence-corrected chi connectivity index (χ3v) is 17.5. The van der Waals surface area contributed by atoms with Crippen LogP contribution in [0, 0.1) is 0 Å². The number of rotatable bonds is 17. The molecule has 0 unspecified atom stereocenters. The fourth-order valence-electron chi connectivity index (χ4n) is 7.39. The van der Waals surface area contributed by atoms with Crippen LogP contribution in [0.25, 0.3) is 36.9 Å². The van der Waals surface area contributed by atoms with Gasteiger partial charge in [-0.25, -0.2) is 0 Å². The topological polar surface area (TPSA) is 34.5 Å². The summed E-state index contributed by atoms with van der Waals surface area (Å²) in [6.07, 6.45) is 12.1. The van der Waals surface area contributed by atoms with E-state index in [0.717, 1.165) is 24.3 Å². The summed E-state index contributed by atoms with van der Waals surface area (Å²) >= 11 is 3.67. The molecular formula is C44H52N2O2S2Si. The second-order valence-corrected chi connectivity index (χ2v) is 21.0. The summed E-state index contributed by atoms with van der Waals surface area (Å²) in [7, 11) is -0.407. The molecule has 6 rings (SSSR count). The highest BCUT2D eigenvalue weighted by Gasteiger charge is 2.50. The van der Waals surface area contributed by atoms with Gasteiger partial charge in [0.05, 0.1) is 27.0 Å². The number of allylic oxidation sites excluding steroid dienone is 1. The molecule has 0 amide bonds. The fraction of sp³-hybridized carbons (Fsp3) is 0.341. The number of aromatic nitrogens is 1. The lowest BCUT2D eigenvalue weighted by Crippen LogP contribution is -2.67. The molecule has 3 heterocycles. The van der Waals surface area contributed by atoms with E-state index in [0.29, 0.717) is 6.61 Å². The van der Waals surface area contributed by atoms with Crippen molar-refractivity contribution in [3.05, 3.63) is 108 Å². The number of benzene rings is 3. The Labute approximate surface area is 313 Å². The van der Waals surface area contributed by atoms with E-state index >= 15 is 0 Å². The van der Waals surface area contributed by atoms with Crippen molar-refractivity contribution in [3.63, 3.8) is 0 Å². The minimum absolute atomic E-state index is 0.0429. The molecule has 0 fully saturated rings. The van der Waals surface area contributed by atoms with E-state index in [2.05, 4.69) is 141 Å². The van der Waals surface area contributed by atoms with Crippen LogP contribution in [0.5, 0.6) is 0 Å². The molecule has 7 heteroatoms. The van der Waals surface area contributed by atoms with Gasteiger partial charge in [0.25, 0.3) is 8.32 Å². The molecule has 0 saturated heterocycles. The van der Waals surface area contributed by atoms with E-state index in [4.69, 9.17) is 4.43 Å². The number of carbonyl (C=O) groups is 1. The lowest BCUT2D eigenvalue weighted by molar-refractivity contribution is -0.104. The molecule has 266 valence electrons. The molecule has 0 aliphatic heterocycles. The first-order valence-corrected chi connectivity index (χ1v) is 22.0. The Balaban J connectivity index is 1.20. The molecule has 6 aromatic rings. The number of fused-ring (bicyclic) bond motifs is 3. The van der Waals surface area contributed by atoms with Gasteiger partial charge in [-0.1, -0.05) is 133 Å². The number of hydrogen-bond donors (Lipinski definition) is 0. The minimum atomic E-state index is -2.57. The van der Waals surface area contributed by atoms with Crippen molar-refractivity contribution in [2.24, 2.45) is 0 Å². The Bertz CT molecular complexity index is 2000. The maximum atomic E-state index is 11.0. The van der Waals surface area contributed by atoms with E-state index < -0.39 is 8.32 Å². The number of nitrogens with zero attached hydrogens (tertiary/aromatic N) is 2. The molecule has 3 aromatic carbocycles. The Kier molecular flexibility index (Phi) is 12.1. The number of unbranched alkanes of at least 4 members (excludes halogenated alkanes) is 5. The van der Waals surface area contributed by atoms with Crippen LogP contribution in [-0.4, -0.2) is 39.4 Å². The van der Waals surface area contributed by atoms with Crippen LogP contribution in [0.2, 0.25) is 5.04 Å². The molecule has 3 aromatic heterocycles. The molecule has 0 atom stereocenters. The van der Waals surface area contributed by atoms with E-state index in [1.54, 1.807) is 17.4 Å². The Morgan fingerprint density at radius 3 is 2.02 bits per heavy atom. The summed E-state index contributed by atoms with van der Waals surface area (Å²) in [5, 5.41) is 2.58. The van der Waals surface area contributed by atoms with Gasteiger partial charge in [0.2, 0.25) is 0 Å². The van der Waals surface area contributed by atoms with Crippen molar-refractivity contribution in [2.45, 2.75) is 77.8 Å². The first kappa shape index (κ1) is 37.0. The third-order valence-electron chi connectivity index (χ3n) is 10.1. The van der Waals surface area contributed by atoms with Gasteiger partial charge in [-0.15, -0.1) is 22.7 Å². The van der Waals surface area contributed by atoms with Crippen molar-refractivity contribution in [2.75, 3.05) is 25.1 Å². The molecule has 51 heavy (non-hydrogen) atoms. The average Bonchev–Trinajstić information content (AvgIpc) is 3.83. The second-order valence-electron chi connectivity index (χ2n) is 14.6. The number of thiophene rings is 2. The highest BCUT2D eigenvalue weighted by Crippen LogP contribution is 2.44. The Morgan fingerprint density at radius 2 is 1.39 bits per heavy atom. The Hall–Kier alpha value is -3.75. The molecule has 0 aliphatic carbocycles.